The summed E-state index contributed by atoms with van der Waals surface area (Å²) in [5, 5.41) is 0. The van der Waals surface area contributed by atoms with Gasteiger partial charge in [0.25, 0.3) is 0 Å². The van der Waals surface area contributed by atoms with Crippen LogP contribution in [-0.4, -0.2) is 86.8 Å². The predicted octanol–water partition coefficient (Wildman–Crippen LogP) is 1.14. The van der Waals surface area contributed by atoms with Crippen molar-refractivity contribution in [2.24, 2.45) is 0 Å². The molecule has 8 nitrogen and oxygen atoms in total. The molecule has 1 aromatic rings. The number of fused-ring (bicyclic) bond motifs is 1. The van der Waals surface area contributed by atoms with Crippen LogP contribution in [0.25, 0.3) is 0 Å². The number of hydrogen-bond donors (Lipinski definition) is 0. The number of sulfone groups is 1. The molecule has 3 heterocycles. The van der Waals surface area contributed by atoms with Crippen LogP contribution in [0.3, 0.4) is 0 Å². The maximum absolute atomic E-state index is 12.6. The average Bonchev–Trinajstić information content (AvgIpc) is 2.96. The molecule has 3 aliphatic heterocycles. The Balaban J connectivity index is 1.25. The zero-order valence-electron chi connectivity index (χ0n) is 17.0. The van der Waals surface area contributed by atoms with Crippen LogP contribution in [0.1, 0.15) is 36.0 Å². The van der Waals surface area contributed by atoms with Gasteiger partial charge in [-0.05, 0) is 24.6 Å². The van der Waals surface area contributed by atoms with Gasteiger partial charge in [0.15, 0.2) is 27.1 Å². The van der Waals surface area contributed by atoms with E-state index in [0.717, 1.165) is 6.42 Å². The van der Waals surface area contributed by atoms with Gasteiger partial charge < -0.3 is 14.4 Å². The molecule has 3 aliphatic rings. The van der Waals surface area contributed by atoms with Crippen LogP contribution in [0.2, 0.25) is 0 Å². The van der Waals surface area contributed by atoms with Crippen LogP contribution < -0.4 is 9.47 Å². The number of carbonyl (C=O) groups is 2. The maximum atomic E-state index is 12.6. The molecule has 0 bridgehead atoms. The number of piperazine rings is 1. The SMILES string of the molecule is O=C(CCC(=O)N1CCN(C2CCS(=O)(=O)C2)CC1)c1ccc2c(c1)OCCCO2. The Morgan fingerprint density at radius 1 is 1.00 bits per heavy atom. The molecule has 1 atom stereocenters. The minimum Gasteiger partial charge on any atom is -0.490 e. The normalized spacial score (nSPS) is 23.7. The Morgan fingerprint density at radius 3 is 2.43 bits per heavy atom. The van der Waals surface area contributed by atoms with Gasteiger partial charge in [-0.25, -0.2) is 8.42 Å². The first kappa shape index (κ1) is 21.1. The maximum Gasteiger partial charge on any atom is 0.223 e. The van der Waals surface area contributed by atoms with E-state index in [-0.39, 0.29) is 42.1 Å². The van der Waals surface area contributed by atoms with E-state index in [1.54, 1.807) is 23.1 Å². The third kappa shape index (κ3) is 4.95. The van der Waals surface area contributed by atoms with E-state index >= 15 is 0 Å². The molecule has 0 N–H and O–H groups in total. The van der Waals surface area contributed by atoms with Gasteiger partial charge in [0.1, 0.15) is 0 Å². The topological polar surface area (TPSA) is 93.2 Å². The fourth-order valence-electron chi connectivity index (χ4n) is 4.26. The van der Waals surface area contributed by atoms with Crippen LogP contribution in [-0.2, 0) is 14.6 Å². The van der Waals surface area contributed by atoms with Gasteiger partial charge in [-0.2, -0.15) is 0 Å². The van der Waals surface area contributed by atoms with Crippen molar-refractivity contribution in [3.05, 3.63) is 23.8 Å². The number of nitrogens with zero attached hydrogens (tertiary/aromatic N) is 2. The zero-order chi connectivity index (χ0) is 21.1. The molecular weight excluding hydrogens is 408 g/mol. The third-order valence-corrected chi connectivity index (χ3v) is 7.78. The van der Waals surface area contributed by atoms with E-state index < -0.39 is 9.84 Å². The Morgan fingerprint density at radius 2 is 1.73 bits per heavy atom. The van der Waals surface area contributed by atoms with E-state index in [9.17, 15) is 18.0 Å². The van der Waals surface area contributed by atoms with Crippen LogP contribution in [0.15, 0.2) is 18.2 Å². The van der Waals surface area contributed by atoms with Crippen molar-refractivity contribution in [3.63, 3.8) is 0 Å². The fraction of sp³-hybridized carbons (Fsp3) is 0.619. The molecule has 1 aromatic carbocycles. The van der Waals surface area contributed by atoms with E-state index in [1.165, 1.54) is 0 Å². The summed E-state index contributed by atoms with van der Waals surface area (Å²) in [6.07, 6.45) is 1.81. The van der Waals surface area contributed by atoms with E-state index in [0.29, 0.717) is 62.9 Å². The molecule has 1 unspecified atom stereocenters. The van der Waals surface area contributed by atoms with Gasteiger partial charge in [-0.3, -0.25) is 14.5 Å². The number of amides is 1. The molecule has 30 heavy (non-hydrogen) atoms. The summed E-state index contributed by atoms with van der Waals surface area (Å²) in [6, 6.07) is 5.24. The molecule has 0 aromatic heterocycles. The summed E-state index contributed by atoms with van der Waals surface area (Å²) < 4.78 is 34.6. The van der Waals surface area contributed by atoms with Gasteiger partial charge >= 0.3 is 0 Å². The lowest BCUT2D eigenvalue weighted by molar-refractivity contribution is -0.133. The Labute approximate surface area is 177 Å². The average molecular weight is 437 g/mol. The molecule has 1 amide bonds. The number of benzene rings is 1. The Hall–Kier alpha value is -2.13. The summed E-state index contributed by atoms with van der Waals surface area (Å²) in [5.41, 5.74) is 0.527. The Kier molecular flexibility index (Phi) is 6.29. The van der Waals surface area contributed by atoms with Crippen molar-refractivity contribution in [3.8, 4) is 11.5 Å². The predicted molar refractivity (Wildman–Crippen MR) is 111 cm³/mol. The number of ether oxygens (including phenoxy) is 2. The molecule has 0 spiro atoms. The number of Topliss-reactive ketones (excluding diaryl/α,β-unsaturated/α-hetero) is 1. The van der Waals surface area contributed by atoms with Gasteiger partial charge in [0.05, 0.1) is 24.7 Å². The molecule has 0 aliphatic carbocycles. The standard InChI is InChI=1S/C21H28N2O6S/c24-18(16-2-4-19-20(14-16)29-12-1-11-28-19)3-5-21(25)23-9-7-22(8-10-23)17-6-13-30(26,27)15-17/h2,4,14,17H,1,3,5-13,15H2. The van der Waals surface area contributed by atoms with Crippen LogP contribution >= 0.6 is 0 Å². The lowest BCUT2D eigenvalue weighted by atomic mass is 10.1. The van der Waals surface area contributed by atoms with Crippen LogP contribution in [0.4, 0.5) is 0 Å². The first-order chi connectivity index (χ1) is 14.4. The highest BCUT2D eigenvalue weighted by atomic mass is 32.2. The quantitative estimate of drug-likeness (QED) is 0.639. The molecule has 0 saturated carbocycles. The molecule has 0 radical (unpaired) electrons. The summed E-state index contributed by atoms with van der Waals surface area (Å²) >= 11 is 0. The second-order valence-electron chi connectivity index (χ2n) is 8.11. The van der Waals surface area contributed by atoms with Crippen molar-refractivity contribution in [2.75, 3.05) is 50.9 Å². The van der Waals surface area contributed by atoms with Crippen molar-refractivity contribution in [1.82, 2.24) is 9.80 Å². The highest BCUT2D eigenvalue weighted by Crippen LogP contribution is 2.31. The number of carbonyl (C=O) groups excluding carboxylic acids is 2. The Bertz CT molecular complexity index is 908. The van der Waals surface area contributed by atoms with Crippen molar-refractivity contribution in [1.29, 1.82) is 0 Å². The second-order valence-corrected chi connectivity index (χ2v) is 10.3. The summed E-state index contributed by atoms with van der Waals surface area (Å²) in [7, 11) is -2.90. The monoisotopic (exact) mass is 436 g/mol. The smallest absolute Gasteiger partial charge is 0.223 e. The van der Waals surface area contributed by atoms with Crippen LogP contribution in [0, 0.1) is 0 Å². The fourth-order valence-corrected chi connectivity index (χ4v) is 6.02. The molecule has 2 fully saturated rings. The van der Waals surface area contributed by atoms with E-state index in [4.69, 9.17) is 9.47 Å². The minimum absolute atomic E-state index is 0.0311. The molecule has 164 valence electrons. The molecular formula is C21H28N2O6S. The lowest BCUT2D eigenvalue weighted by Gasteiger charge is -2.37. The molecule has 9 heteroatoms. The van der Waals surface area contributed by atoms with Crippen molar-refractivity contribution < 1.29 is 27.5 Å². The highest BCUT2D eigenvalue weighted by molar-refractivity contribution is 7.91. The lowest BCUT2D eigenvalue weighted by Crippen LogP contribution is -2.52. The summed E-state index contributed by atoms with van der Waals surface area (Å²) in [4.78, 5) is 29.1. The van der Waals surface area contributed by atoms with E-state index in [2.05, 4.69) is 4.90 Å². The van der Waals surface area contributed by atoms with Gasteiger partial charge in [0, 0.05) is 57.0 Å². The second kappa shape index (κ2) is 8.93. The van der Waals surface area contributed by atoms with E-state index in [1.807, 2.05) is 0 Å². The third-order valence-electron chi connectivity index (χ3n) is 6.03. The first-order valence-corrected chi connectivity index (χ1v) is 12.4. The van der Waals surface area contributed by atoms with Gasteiger partial charge in [-0.1, -0.05) is 0 Å². The molecule has 2 saturated heterocycles. The zero-order valence-corrected chi connectivity index (χ0v) is 17.9. The first-order valence-electron chi connectivity index (χ1n) is 10.6. The van der Waals surface area contributed by atoms with Crippen LogP contribution in [0.5, 0.6) is 11.5 Å². The van der Waals surface area contributed by atoms with Crippen molar-refractivity contribution >= 4 is 21.5 Å². The summed E-state index contributed by atoms with van der Waals surface area (Å²) in [5.74, 6) is 1.59. The number of ketones is 1. The molecule has 4 rings (SSSR count). The highest BCUT2D eigenvalue weighted by Gasteiger charge is 2.34. The minimum atomic E-state index is -2.90. The van der Waals surface area contributed by atoms with Gasteiger partial charge in [-0.15, -0.1) is 0 Å². The van der Waals surface area contributed by atoms with Gasteiger partial charge in [0.2, 0.25) is 5.91 Å². The largest absolute Gasteiger partial charge is 0.490 e. The number of hydrogen-bond acceptors (Lipinski definition) is 7. The summed E-state index contributed by atoms with van der Waals surface area (Å²) in [6.45, 7) is 3.67. The van der Waals surface area contributed by atoms with Crippen molar-refractivity contribution in [2.45, 2.75) is 31.7 Å². The number of rotatable bonds is 5.